The van der Waals surface area contributed by atoms with E-state index in [1.807, 2.05) is 0 Å². The number of fused-ring (bicyclic) bond motifs is 2. The van der Waals surface area contributed by atoms with Gasteiger partial charge in [-0.15, -0.1) is 0 Å². The standard InChI is InChI=1S/C15H27N3/c1-18-13-7-4-8-14(18)10-12(9-13)17-15(16)11-5-2-3-6-11/h11-14H,2-10H2,1H3,(H2,16,17). The Hall–Kier alpha value is -0.570. The molecule has 2 aliphatic heterocycles. The van der Waals surface area contributed by atoms with E-state index in [1.165, 1.54) is 57.8 Å². The Bertz CT molecular complexity index is 306. The second kappa shape index (κ2) is 5.20. The Kier molecular flexibility index (Phi) is 3.60. The highest BCUT2D eigenvalue weighted by Gasteiger charge is 2.36. The lowest BCUT2D eigenvalue weighted by molar-refractivity contribution is 0.0573. The van der Waals surface area contributed by atoms with E-state index in [2.05, 4.69) is 11.9 Å². The largest absolute Gasteiger partial charge is 0.387 e. The highest BCUT2D eigenvalue weighted by molar-refractivity contribution is 5.83. The molecule has 2 saturated heterocycles. The van der Waals surface area contributed by atoms with Crippen LogP contribution in [0.15, 0.2) is 4.99 Å². The maximum absolute atomic E-state index is 6.23. The lowest BCUT2D eigenvalue weighted by Crippen LogP contribution is -2.51. The maximum Gasteiger partial charge on any atom is 0.0971 e. The number of hydrogen-bond acceptors (Lipinski definition) is 2. The number of aliphatic imine (C=N–C) groups is 1. The molecule has 3 fully saturated rings. The summed E-state index contributed by atoms with van der Waals surface area (Å²) in [5, 5.41) is 0. The molecule has 0 aromatic heterocycles. The topological polar surface area (TPSA) is 41.6 Å². The summed E-state index contributed by atoms with van der Waals surface area (Å²) in [6, 6.07) is 2.04. The molecule has 3 aliphatic rings. The van der Waals surface area contributed by atoms with Gasteiger partial charge in [-0.25, -0.2) is 0 Å². The van der Waals surface area contributed by atoms with Crippen LogP contribution in [0.2, 0.25) is 0 Å². The van der Waals surface area contributed by atoms with E-state index < -0.39 is 0 Å². The van der Waals surface area contributed by atoms with Crippen LogP contribution >= 0.6 is 0 Å². The van der Waals surface area contributed by atoms with Gasteiger partial charge in [-0.3, -0.25) is 4.99 Å². The fourth-order valence-corrected chi connectivity index (χ4v) is 4.23. The zero-order valence-electron chi connectivity index (χ0n) is 11.6. The van der Waals surface area contributed by atoms with Crippen molar-refractivity contribution in [3.63, 3.8) is 0 Å². The van der Waals surface area contributed by atoms with Crippen molar-refractivity contribution in [3.8, 4) is 0 Å². The molecule has 0 spiro atoms. The minimum absolute atomic E-state index is 0.511. The molecule has 2 bridgehead atoms. The molecule has 3 nitrogen and oxygen atoms in total. The van der Waals surface area contributed by atoms with Crippen molar-refractivity contribution < 1.29 is 0 Å². The average molecular weight is 249 g/mol. The van der Waals surface area contributed by atoms with Crippen LogP contribution in [0.1, 0.15) is 57.8 Å². The minimum Gasteiger partial charge on any atom is -0.387 e. The smallest absolute Gasteiger partial charge is 0.0971 e. The SMILES string of the molecule is CN1C2CCCC1CC(N=C(N)C1CCCC1)C2. The van der Waals surface area contributed by atoms with Gasteiger partial charge in [0, 0.05) is 18.0 Å². The minimum atomic E-state index is 0.511. The molecule has 2 atom stereocenters. The predicted molar refractivity (Wildman–Crippen MR) is 75.8 cm³/mol. The Balaban J connectivity index is 1.65. The fourth-order valence-electron chi connectivity index (χ4n) is 4.23. The van der Waals surface area contributed by atoms with Crippen LogP contribution in [-0.4, -0.2) is 35.9 Å². The van der Waals surface area contributed by atoms with Gasteiger partial charge in [-0.1, -0.05) is 19.3 Å². The third-order valence-electron chi connectivity index (χ3n) is 5.42. The molecule has 0 aromatic rings. The molecule has 18 heavy (non-hydrogen) atoms. The molecule has 3 rings (SSSR count). The van der Waals surface area contributed by atoms with Crippen LogP contribution < -0.4 is 5.73 Å². The Morgan fingerprint density at radius 1 is 1.00 bits per heavy atom. The molecule has 2 N–H and O–H groups in total. The first-order chi connectivity index (χ1) is 8.74. The van der Waals surface area contributed by atoms with Gasteiger partial charge in [0.25, 0.3) is 0 Å². The monoisotopic (exact) mass is 249 g/mol. The summed E-state index contributed by atoms with van der Waals surface area (Å²) in [6.45, 7) is 0. The van der Waals surface area contributed by atoms with E-state index in [0.29, 0.717) is 12.0 Å². The van der Waals surface area contributed by atoms with E-state index in [4.69, 9.17) is 10.7 Å². The highest BCUT2D eigenvalue weighted by atomic mass is 15.2. The predicted octanol–water partition coefficient (Wildman–Crippen LogP) is 2.55. The van der Waals surface area contributed by atoms with Crippen molar-refractivity contribution >= 4 is 5.84 Å². The van der Waals surface area contributed by atoms with Crippen molar-refractivity contribution in [1.29, 1.82) is 0 Å². The molecule has 2 heterocycles. The number of rotatable bonds is 2. The van der Waals surface area contributed by atoms with E-state index >= 15 is 0 Å². The summed E-state index contributed by atoms with van der Waals surface area (Å²) < 4.78 is 0. The highest BCUT2D eigenvalue weighted by Crippen LogP contribution is 2.34. The molecule has 0 radical (unpaired) electrons. The van der Waals surface area contributed by atoms with Crippen molar-refractivity contribution in [3.05, 3.63) is 0 Å². The normalized spacial score (nSPS) is 39.2. The lowest BCUT2D eigenvalue weighted by Gasteiger charge is -2.46. The van der Waals surface area contributed by atoms with E-state index in [9.17, 15) is 0 Å². The van der Waals surface area contributed by atoms with Crippen LogP contribution in [0, 0.1) is 5.92 Å². The summed E-state index contributed by atoms with van der Waals surface area (Å²) in [4.78, 5) is 7.50. The van der Waals surface area contributed by atoms with Crippen LogP contribution in [0.3, 0.4) is 0 Å². The number of nitrogens with two attached hydrogens (primary N) is 1. The first kappa shape index (κ1) is 12.5. The van der Waals surface area contributed by atoms with Crippen molar-refractivity contribution in [2.24, 2.45) is 16.6 Å². The van der Waals surface area contributed by atoms with Gasteiger partial charge in [0.05, 0.1) is 11.9 Å². The summed E-state index contributed by atoms with van der Waals surface area (Å²) in [5.74, 6) is 1.57. The van der Waals surface area contributed by atoms with Crippen LogP contribution in [0.25, 0.3) is 0 Å². The number of piperidine rings is 2. The first-order valence-corrected chi connectivity index (χ1v) is 7.79. The van der Waals surface area contributed by atoms with E-state index in [-0.39, 0.29) is 0 Å². The Morgan fingerprint density at radius 3 is 2.22 bits per heavy atom. The molecule has 0 amide bonds. The molecule has 2 unspecified atom stereocenters. The van der Waals surface area contributed by atoms with Gasteiger partial charge >= 0.3 is 0 Å². The van der Waals surface area contributed by atoms with Crippen LogP contribution in [0.4, 0.5) is 0 Å². The lowest BCUT2D eigenvalue weighted by atomic mass is 9.82. The molecular formula is C15H27N3. The van der Waals surface area contributed by atoms with Gasteiger partial charge in [0.1, 0.15) is 0 Å². The molecular weight excluding hydrogens is 222 g/mol. The average Bonchev–Trinajstić information content (AvgIpc) is 2.84. The van der Waals surface area contributed by atoms with Gasteiger partial charge in [-0.05, 0) is 45.6 Å². The zero-order valence-corrected chi connectivity index (χ0v) is 11.6. The van der Waals surface area contributed by atoms with E-state index in [1.54, 1.807) is 0 Å². The van der Waals surface area contributed by atoms with Gasteiger partial charge in [0.2, 0.25) is 0 Å². The summed E-state index contributed by atoms with van der Waals surface area (Å²) in [6.07, 6.45) is 11.8. The van der Waals surface area contributed by atoms with Crippen molar-refractivity contribution in [2.45, 2.75) is 75.9 Å². The Labute approximate surface area is 111 Å². The van der Waals surface area contributed by atoms with Crippen molar-refractivity contribution in [2.75, 3.05) is 7.05 Å². The maximum atomic E-state index is 6.23. The summed E-state index contributed by atoms with van der Waals surface area (Å²) >= 11 is 0. The third-order valence-corrected chi connectivity index (χ3v) is 5.42. The van der Waals surface area contributed by atoms with Gasteiger partial charge < -0.3 is 10.6 Å². The number of hydrogen-bond donors (Lipinski definition) is 1. The fraction of sp³-hybridized carbons (Fsp3) is 0.933. The zero-order chi connectivity index (χ0) is 12.5. The first-order valence-electron chi connectivity index (χ1n) is 7.79. The third kappa shape index (κ3) is 2.42. The second-order valence-corrected chi connectivity index (χ2v) is 6.56. The Morgan fingerprint density at radius 2 is 1.61 bits per heavy atom. The summed E-state index contributed by atoms with van der Waals surface area (Å²) in [5.41, 5.74) is 6.23. The van der Waals surface area contributed by atoms with E-state index in [0.717, 1.165) is 17.9 Å². The molecule has 1 aliphatic carbocycles. The number of amidine groups is 1. The molecule has 102 valence electrons. The second-order valence-electron chi connectivity index (χ2n) is 6.56. The van der Waals surface area contributed by atoms with Crippen LogP contribution in [0.5, 0.6) is 0 Å². The molecule has 0 aromatic carbocycles. The molecule has 3 heteroatoms. The van der Waals surface area contributed by atoms with Gasteiger partial charge in [0.15, 0.2) is 0 Å². The van der Waals surface area contributed by atoms with Crippen molar-refractivity contribution in [1.82, 2.24) is 4.90 Å². The molecule has 1 saturated carbocycles. The number of nitrogens with zero attached hydrogens (tertiary/aromatic N) is 2. The quantitative estimate of drug-likeness (QED) is 0.603. The van der Waals surface area contributed by atoms with Gasteiger partial charge in [-0.2, -0.15) is 0 Å². The van der Waals surface area contributed by atoms with Crippen LogP contribution in [-0.2, 0) is 0 Å². The summed E-state index contributed by atoms with van der Waals surface area (Å²) in [7, 11) is 2.30.